The second-order valence-corrected chi connectivity index (χ2v) is 5.27. The van der Waals surface area contributed by atoms with Gasteiger partial charge < -0.3 is 9.47 Å². The maximum Gasteiger partial charge on any atom is 0.348 e. The first kappa shape index (κ1) is 13.8. The third-order valence-corrected chi connectivity index (χ3v) is 4.08. The standard InChI is InChI=1S/C13H11O4S2/c1-3-17-13(15)11-9(4-5-18-11)8-6-10(19-7-8)12(14)16-2/h4-5,7H,3H2,1-2H3. The number of ether oxygens (including phenoxy) is 2. The highest BCUT2D eigenvalue weighted by Gasteiger charge is 2.18. The van der Waals surface area contributed by atoms with Gasteiger partial charge in [0.25, 0.3) is 0 Å². The fourth-order valence-corrected chi connectivity index (χ4v) is 3.07. The zero-order valence-electron chi connectivity index (χ0n) is 10.4. The first-order chi connectivity index (χ1) is 9.17. The van der Waals surface area contributed by atoms with E-state index in [0.717, 1.165) is 5.56 Å². The van der Waals surface area contributed by atoms with Crippen molar-refractivity contribution in [2.45, 2.75) is 6.92 Å². The summed E-state index contributed by atoms with van der Waals surface area (Å²) < 4.78 is 9.63. The summed E-state index contributed by atoms with van der Waals surface area (Å²) in [6, 6.07) is 4.76. The number of rotatable bonds is 4. The number of esters is 2. The molecule has 2 aromatic rings. The van der Waals surface area contributed by atoms with Crippen LogP contribution in [0.4, 0.5) is 0 Å². The number of thiophene rings is 2. The second kappa shape index (κ2) is 5.99. The molecule has 0 bridgehead atoms. The van der Waals surface area contributed by atoms with Crippen LogP contribution in [-0.2, 0) is 9.47 Å². The van der Waals surface area contributed by atoms with Crippen molar-refractivity contribution in [3.05, 3.63) is 32.6 Å². The van der Waals surface area contributed by atoms with E-state index >= 15 is 0 Å². The molecule has 19 heavy (non-hydrogen) atoms. The molecule has 0 spiro atoms. The Morgan fingerprint density at radius 2 is 2.11 bits per heavy atom. The molecule has 0 unspecified atom stereocenters. The van der Waals surface area contributed by atoms with Crippen LogP contribution >= 0.6 is 22.7 Å². The molecule has 0 N–H and O–H groups in total. The lowest BCUT2D eigenvalue weighted by Gasteiger charge is -2.01. The molecule has 0 aliphatic rings. The third kappa shape index (κ3) is 2.85. The quantitative estimate of drug-likeness (QED) is 0.813. The molecule has 0 saturated heterocycles. The number of hydrogen-bond acceptors (Lipinski definition) is 6. The minimum Gasteiger partial charge on any atom is -0.465 e. The van der Waals surface area contributed by atoms with Gasteiger partial charge in [-0.15, -0.1) is 22.7 Å². The smallest absolute Gasteiger partial charge is 0.348 e. The molecule has 0 amide bonds. The summed E-state index contributed by atoms with van der Waals surface area (Å²) in [7, 11) is 1.32. The van der Waals surface area contributed by atoms with Crippen LogP contribution in [0.3, 0.4) is 0 Å². The monoisotopic (exact) mass is 295 g/mol. The molecule has 0 aliphatic heterocycles. The van der Waals surface area contributed by atoms with E-state index in [1.807, 2.05) is 11.4 Å². The number of methoxy groups -OCH3 is 1. The van der Waals surface area contributed by atoms with E-state index in [1.165, 1.54) is 29.8 Å². The van der Waals surface area contributed by atoms with Crippen LogP contribution in [0.15, 0.2) is 16.8 Å². The average molecular weight is 295 g/mol. The molecule has 1 radical (unpaired) electrons. The topological polar surface area (TPSA) is 52.6 Å². The molecule has 0 fully saturated rings. The van der Waals surface area contributed by atoms with E-state index < -0.39 is 5.97 Å². The van der Waals surface area contributed by atoms with Gasteiger partial charge in [0, 0.05) is 22.6 Å². The fraction of sp³-hybridized carbons (Fsp3) is 0.231. The van der Waals surface area contributed by atoms with E-state index in [1.54, 1.807) is 12.3 Å². The lowest BCUT2D eigenvalue weighted by atomic mass is 10.1. The molecule has 0 aliphatic carbocycles. The van der Waals surface area contributed by atoms with Crippen molar-refractivity contribution in [2.24, 2.45) is 0 Å². The zero-order valence-corrected chi connectivity index (χ0v) is 12.0. The average Bonchev–Trinajstić information content (AvgIpc) is 3.06. The molecule has 2 rings (SSSR count). The van der Waals surface area contributed by atoms with Gasteiger partial charge in [-0.1, -0.05) is 0 Å². The van der Waals surface area contributed by atoms with Crippen LogP contribution in [0.25, 0.3) is 11.1 Å². The Hall–Kier alpha value is -1.66. The van der Waals surface area contributed by atoms with E-state index in [9.17, 15) is 9.59 Å². The number of hydrogen-bond donors (Lipinski definition) is 0. The maximum absolute atomic E-state index is 11.8. The SMILES string of the molecule is CCOC(=O)c1sccc1-c1[c]c(C(=O)OC)sc1. The second-order valence-electron chi connectivity index (χ2n) is 3.48. The van der Waals surface area contributed by atoms with Gasteiger partial charge in [0.05, 0.1) is 13.7 Å². The summed E-state index contributed by atoms with van der Waals surface area (Å²) >= 11 is 2.55. The van der Waals surface area contributed by atoms with E-state index in [4.69, 9.17) is 4.74 Å². The Morgan fingerprint density at radius 3 is 2.79 bits per heavy atom. The van der Waals surface area contributed by atoms with Crippen LogP contribution in [0.5, 0.6) is 0 Å². The molecule has 0 atom stereocenters. The molecule has 6 heteroatoms. The molecular formula is C13H11O4S2. The highest BCUT2D eigenvalue weighted by molar-refractivity contribution is 7.13. The molecule has 0 aromatic carbocycles. The minimum absolute atomic E-state index is 0.330. The molecule has 99 valence electrons. The molecule has 2 aromatic heterocycles. The normalized spacial score (nSPS) is 10.2. The number of carbonyl (C=O) groups excluding carboxylic acids is 2. The third-order valence-electron chi connectivity index (χ3n) is 2.33. The van der Waals surface area contributed by atoms with Crippen LogP contribution in [-0.4, -0.2) is 25.7 Å². The Labute approximate surface area is 118 Å². The fourth-order valence-electron chi connectivity index (χ4n) is 1.50. The van der Waals surface area contributed by atoms with Crippen molar-refractivity contribution >= 4 is 34.6 Å². The Bertz CT molecular complexity index is 597. The molecule has 4 nitrogen and oxygen atoms in total. The lowest BCUT2D eigenvalue weighted by Crippen LogP contribution is -2.03. The van der Waals surface area contributed by atoms with Crippen molar-refractivity contribution in [2.75, 3.05) is 13.7 Å². The van der Waals surface area contributed by atoms with Gasteiger partial charge in [-0.3, -0.25) is 0 Å². The van der Waals surface area contributed by atoms with Gasteiger partial charge in [0.15, 0.2) is 0 Å². The van der Waals surface area contributed by atoms with Gasteiger partial charge in [-0.25, -0.2) is 9.59 Å². The highest BCUT2D eigenvalue weighted by atomic mass is 32.1. The summed E-state index contributed by atoms with van der Waals surface area (Å²) in [5, 5.41) is 3.59. The van der Waals surface area contributed by atoms with Gasteiger partial charge in [-0.05, 0) is 18.4 Å². The first-order valence-corrected chi connectivity index (χ1v) is 7.27. The van der Waals surface area contributed by atoms with Crippen LogP contribution in [0.2, 0.25) is 0 Å². The van der Waals surface area contributed by atoms with Gasteiger partial charge in [-0.2, -0.15) is 0 Å². The minimum atomic E-state index is -0.427. The zero-order chi connectivity index (χ0) is 13.8. The van der Waals surface area contributed by atoms with Crippen molar-refractivity contribution in [1.29, 1.82) is 0 Å². The molecule has 2 heterocycles. The molecular weight excluding hydrogens is 284 g/mol. The van der Waals surface area contributed by atoms with Crippen LogP contribution < -0.4 is 0 Å². The van der Waals surface area contributed by atoms with Crippen molar-refractivity contribution in [3.63, 3.8) is 0 Å². The molecule has 0 saturated carbocycles. The Morgan fingerprint density at radius 1 is 1.32 bits per heavy atom. The largest absolute Gasteiger partial charge is 0.465 e. The Balaban J connectivity index is 2.32. The van der Waals surface area contributed by atoms with Gasteiger partial charge >= 0.3 is 11.9 Å². The first-order valence-electron chi connectivity index (χ1n) is 5.51. The lowest BCUT2D eigenvalue weighted by molar-refractivity contribution is 0.0532. The highest BCUT2D eigenvalue weighted by Crippen LogP contribution is 2.32. The van der Waals surface area contributed by atoms with Crippen molar-refractivity contribution in [3.8, 4) is 11.1 Å². The van der Waals surface area contributed by atoms with E-state index in [-0.39, 0.29) is 5.97 Å². The number of carbonyl (C=O) groups is 2. The van der Waals surface area contributed by atoms with Crippen molar-refractivity contribution < 1.29 is 19.1 Å². The predicted octanol–water partition coefficient (Wildman–Crippen LogP) is 3.24. The summed E-state index contributed by atoms with van der Waals surface area (Å²) in [6.45, 7) is 2.09. The Kier molecular flexibility index (Phi) is 4.34. The van der Waals surface area contributed by atoms with Crippen LogP contribution in [0, 0.1) is 6.07 Å². The summed E-state index contributed by atoms with van der Waals surface area (Å²) in [5.41, 5.74) is 1.43. The predicted molar refractivity (Wildman–Crippen MR) is 73.8 cm³/mol. The summed E-state index contributed by atoms with van der Waals surface area (Å²) in [6.07, 6.45) is 0. The summed E-state index contributed by atoms with van der Waals surface area (Å²) in [4.78, 5) is 24.1. The van der Waals surface area contributed by atoms with E-state index in [2.05, 4.69) is 10.8 Å². The van der Waals surface area contributed by atoms with Crippen molar-refractivity contribution in [1.82, 2.24) is 0 Å². The maximum atomic E-state index is 11.8. The van der Waals surface area contributed by atoms with Crippen LogP contribution in [0.1, 0.15) is 26.3 Å². The van der Waals surface area contributed by atoms with E-state index in [0.29, 0.717) is 21.9 Å². The summed E-state index contributed by atoms with van der Waals surface area (Å²) in [5.74, 6) is -0.782. The van der Waals surface area contributed by atoms with Gasteiger partial charge in [0.1, 0.15) is 9.75 Å². The van der Waals surface area contributed by atoms with Gasteiger partial charge in [0.2, 0.25) is 0 Å².